The van der Waals surface area contributed by atoms with Crippen LogP contribution in [0.2, 0.25) is 0 Å². The van der Waals surface area contributed by atoms with Crippen LogP contribution in [0.15, 0.2) is 34.9 Å². The lowest BCUT2D eigenvalue weighted by atomic mass is 9.99. The summed E-state index contributed by atoms with van der Waals surface area (Å²) in [4.78, 5) is 0. The molecule has 0 spiro atoms. The average molecular weight is 272 g/mol. The normalized spacial score (nSPS) is 14.9. The van der Waals surface area contributed by atoms with Crippen molar-refractivity contribution < 1.29 is 14.3 Å². The Balaban J connectivity index is 1.64. The van der Waals surface area contributed by atoms with Gasteiger partial charge in [0, 0.05) is 18.4 Å². The summed E-state index contributed by atoms with van der Waals surface area (Å²) < 4.78 is 10.9. The van der Waals surface area contributed by atoms with Gasteiger partial charge in [-0.3, -0.25) is 0 Å². The monoisotopic (exact) mass is 272 g/mol. The first-order valence-electron chi connectivity index (χ1n) is 7.27. The summed E-state index contributed by atoms with van der Waals surface area (Å²) in [6.07, 6.45) is 4.59. The zero-order valence-electron chi connectivity index (χ0n) is 11.8. The van der Waals surface area contributed by atoms with E-state index in [1.807, 2.05) is 19.1 Å². The van der Waals surface area contributed by atoms with Crippen molar-refractivity contribution in [2.24, 2.45) is 0 Å². The quantitative estimate of drug-likeness (QED) is 0.906. The molecule has 0 radical (unpaired) electrons. The number of rotatable bonds is 5. The molecule has 1 aliphatic heterocycles. The number of aliphatic hydroxyl groups is 1. The van der Waals surface area contributed by atoms with E-state index in [1.165, 1.54) is 11.1 Å². The molecule has 0 fully saturated rings. The molecule has 3 heteroatoms. The fourth-order valence-corrected chi connectivity index (χ4v) is 2.79. The van der Waals surface area contributed by atoms with Gasteiger partial charge in [-0.1, -0.05) is 19.1 Å². The lowest BCUT2D eigenvalue weighted by Crippen LogP contribution is -2.01. The topological polar surface area (TPSA) is 42.6 Å². The van der Waals surface area contributed by atoms with E-state index in [4.69, 9.17) is 9.15 Å². The highest BCUT2D eigenvalue weighted by molar-refractivity contribution is 5.39. The zero-order valence-corrected chi connectivity index (χ0v) is 11.8. The summed E-state index contributed by atoms with van der Waals surface area (Å²) in [5.41, 5.74) is 3.47. The standard InChI is InChI=1S/C17H20O3/c1-2-16-14(8-10-19-16)15(18)5-3-12-4-6-17-13(11-12)7-9-20-17/h4,6,8,10-11,15,18H,2-3,5,7,9H2,1H3. The molecule has 3 rings (SSSR count). The van der Waals surface area contributed by atoms with Gasteiger partial charge in [0.05, 0.1) is 19.0 Å². The van der Waals surface area contributed by atoms with Crippen molar-refractivity contribution in [1.82, 2.24) is 0 Å². The fraction of sp³-hybridized carbons (Fsp3) is 0.412. The molecule has 3 nitrogen and oxygen atoms in total. The van der Waals surface area contributed by atoms with Gasteiger partial charge in [-0.25, -0.2) is 0 Å². The third-order valence-corrected chi connectivity index (χ3v) is 3.92. The minimum Gasteiger partial charge on any atom is -0.493 e. The summed E-state index contributed by atoms with van der Waals surface area (Å²) in [5.74, 6) is 1.90. The number of ether oxygens (including phenoxy) is 1. The van der Waals surface area contributed by atoms with E-state index < -0.39 is 6.10 Å². The van der Waals surface area contributed by atoms with Gasteiger partial charge in [-0.2, -0.15) is 0 Å². The van der Waals surface area contributed by atoms with Crippen molar-refractivity contribution in [3.8, 4) is 5.75 Å². The predicted molar refractivity (Wildman–Crippen MR) is 77.0 cm³/mol. The Bertz CT molecular complexity index is 586. The average Bonchev–Trinajstić information content (AvgIpc) is 3.12. The van der Waals surface area contributed by atoms with Crippen LogP contribution < -0.4 is 4.74 Å². The number of hydrogen-bond donors (Lipinski definition) is 1. The lowest BCUT2D eigenvalue weighted by Gasteiger charge is -2.11. The molecule has 2 heterocycles. The highest BCUT2D eigenvalue weighted by Crippen LogP contribution is 2.28. The van der Waals surface area contributed by atoms with E-state index in [-0.39, 0.29) is 0 Å². The summed E-state index contributed by atoms with van der Waals surface area (Å²) in [6, 6.07) is 8.21. The number of hydrogen-bond acceptors (Lipinski definition) is 3. The summed E-state index contributed by atoms with van der Waals surface area (Å²) in [7, 11) is 0. The van der Waals surface area contributed by atoms with E-state index in [0.29, 0.717) is 6.42 Å². The van der Waals surface area contributed by atoms with Crippen LogP contribution >= 0.6 is 0 Å². The molecule has 1 N–H and O–H groups in total. The van der Waals surface area contributed by atoms with Crippen molar-refractivity contribution in [2.75, 3.05) is 6.61 Å². The van der Waals surface area contributed by atoms with Gasteiger partial charge in [0.15, 0.2) is 0 Å². The molecule has 2 aromatic rings. The molecule has 1 aromatic carbocycles. The third-order valence-electron chi connectivity index (χ3n) is 3.92. The van der Waals surface area contributed by atoms with E-state index >= 15 is 0 Å². The van der Waals surface area contributed by atoms with Gasteiger partial charge in [-0.05, 0) is 36.1 Å². The van der Waals surface area contributed by atoms with Crippen LogP contribution in [0.4, 0.5) is 0 Å². The Hall–Kier alpha value is -1.74. The highest BCUT2D eigenvalue weighted by atomic mass is 16.5. The SMILES string of the molecule is CCc1occc1C(O)CCc1ccc2c(c1)CCO2. The maximum atomic E-state index is 10.3. The Kier molecular flexibility index (Phi) is 3.79. The predicted octanol–water partition coefficient (Wildman–Crippen LogP) is 3.44. The number of furan rings is 1. The van der Waals surface area contributed by atoms with E-state index in [0.717, 1.165) is 42.9 Å². The van der Waals surface area contributed by atoms with E-state index in [2.05, 4.69) is 12.1 Å². The van der Waals surface area contributed by atoms with Crippen LogP contribution in [0.1, 0.15) is 41.9 Å². The molecular formula is C17H20O3. The Morgan fingerprint density at radius 2 is 2.20 bits per heavy atom. The molecule has 1 aliphatic rings. The van der Waals surface area contributed by atoms with Gasteiger partial charge in [0.25, 0.3) is 0 Å². The smallest absolute Gasteiger partial charge is 0.122 e. The Morgan fingerprint density at radius 1 is 1.30 bits per heavy atom. The van der Waals surface area contributed by atoms with Crippen molar-refractivity contribution in [1.29, 1.82) is 0 Å². The zero-order chi connectivity index (χ0) is 13.9. The van der Waals surface area contributed by atoms with Gasteiger partial charge < -0.3 is 14.3 Å². The van der Waals surface area contributed by atoms with E-state index in [1.54, 1.807) is 6.26 Å². The number of benzene rings is 1. The second kappa shape index (κ2) is 5.71. The molecule has 1 unspecified atom stereocenters. The molecule has 106 valence electrons. The van der Waals surface area contributed by atoms with Crippen molar-refractivity contribution in [2.45, 2.75) is 38.7 Å². The minimum atomic E-state index is -0.451. The molecule has 20 heavy (non-hydrogen) atoms. The van der Waals surface area contributed by atoms with Crippen molar-refractivity contribution >= 4 is 0 Å². The van der Waals surface area contributed by atoms with Gasteiger partial charge in [-0.15, -0.1) is 0 Å². The number of aryl methyl sites for hydroxylation is 2. The first kappa shape index (κ1) is 13.3. The second-order valence-corrected chi connectivity index (χ2v) is 5.25. The lowest BCUT2D eigenvalue weighted by molar-refractivity contribution is 0.165. The second-order valence-electron chi connectivity index (χ2n) is 5.25. The van der Waals surface area contributed by atoms with Gasteiger partial charge >= 0.3 is 0 Å². The van der Waals surface area contributed by atoms with Crippen LogP contribution in [0.3, 0.4) is 0 Å². The van der Waals surface area contributed by atoms with E-state index in [9.17, 15) is 5.11 Å². The maximum absolute atomic E-state index is 10.3. The van der Waals surface area contributed by atoms with Crippen LogP contribution in [0.25, 0.3) is 0 Å². The van der Waals surface area contributed by atoms with Crippen molar-refractivity contribution in [3.63, 3.8) is 0 Å². The highest BCUT2D eigenvalue weighted by Gasteiger charge is 2.16. The van der Waals surface area contributed by atoms with Crippen LogP contribution in [-0.2, 0) is 19.3 Å². The molecule has 0 amide bonds. The Morgan fingerprint density at radius 3 is 3.05 bits per heavy atom. The number of fused-ring (bicyclic) bond motifs is 1. The Labute approximate surface area is 119 Å². The fourth-order valence-electron chi connectivity index (χ4n) is 2.79. The molecule has 1 aromatic heterocycles. The molecule has 0 bridgehead atoms. The van der Waals surface area contributed by atoms with Crippen molar-refractivity contribution in [3.05, 3.63) is 53.0 Å². The summed E-state index contributed by atoms with van der Waals surface area (Å²) in [6.45, 7) is 2.83. The largest absolute Gasteiger partial charge is 0.493 e. The van der Waals surface area contributed by atoms with Gasteiger partial charge in [0.1, 0.15) is 11.5 Å². The molecule has 1 atom stereocenters. The third kappa shape index (κ3) is 2.59. The first-order valence-corrected chi connectivity index (χ1v) is 7.27. The summed E-state index contributed by atoms with van der Waals surface area (Å²) >= 11 is 0. The first-order chi connectivity index (χ1) is 9.78. The van der Waals surface area contributed by atoms with Crippen LogP contribution in [0.5, 0.6) is 5.75 Å². The van der Waals surface area contributed by atoms with Gasteiger partial charge in [0.2, 0.25) is 0 Å². The number of aliphatic hydroxyl groups excluding tert-OH is 1. The van der Waals surface area contributed by atoms with Crippen LogP contribution in [-0.4, -0.2) is 11.7 Å². The van der Waals surface area contributed by atoms with Crippen LogP contribution in [0, 0.1) is 0 Å². The maximum Gasteiger partial charge on any atom is 0.122 e. The molecular weight excluding hydrogens is 252 g/mol. The molecule has 0 saturated carbocycles. The summed E-state index contributed by atoms with van der Waals surface area (Å²) in [5, 5.41) is 10.3. The minimum absolute atomic E-state index is 0.451. The molecule has 0 saturated heterocycles. The molecule has 0 aliphatic carbocycles.